The van der Waals surface area contributed by atoms with Gasteiger partial charge in [0, 0.05) is 26.3 Å². The van der Waals surface area contributed by atoms with E-state index in [1.54, 1.807) is 4.90 Å². The van der Waals surface area contributed by atoms with Crippen LogP contribution in [0, 0.1) is 0 Å². The van der Waals surface area contributed by atoms with E-state index in [-0.39, 0.29) is 17.5 Å². The van der Waals surface area contributed by atoms with Crippen LogP contribution < -0.4 is 10.1 Å². The third kappa shape index (κ3) is 5.41. The number of nitrogens with one attached hydrogen (secondary N) is 1. The molecule has 1 N–H and O–H groups in total. The van der Waals surface area contributed by atoms with E-state index in [1.165, 1.54) is 5.56 Å². The molecule has 0 spiro atoms. The summed E-state index contributed by atoms with van der Waals surface area (Å²) in [5.74, 6) is 0.842. The van der Waals surface area contributed by atoms with Crippen LogP contribution in [0.15, 0.2) is 24.3 Å². The van der Waals surface area contributed by atoms with Gasteiger partial charge in [0.15, 0.2) is 0 Å². The van der Waals surface area contributed by atoms with Gasteiger partial charge in [-0.3, -0.25) is 0 Å². The highest BCUT2D eigenvalue weighted by molar-refractivity contribution is 5.74. The average Bonchev–Trinajstić information content (AvgIpc) is 2.58. The van der Waals surface area contributed by atoms with Crippen LogP contribution in [0.5, 0.6) is 5.75 Å². The normalized spacial score (nSPS) is 15.8. The summed E-state index contributed by atoms with van der Waals surface area (Å²) in [4.78, 5) is 13.9. The molecule has 0 bridgehead atoms. The van der Waals surface area contributed by atoms with Crippen molar-refractivity contribution in [2.75, 3.05) is 33.4 Å². The molecular weight excluding hydrogens is 304 g/mol. The van der Waals surface area contributed by atoms with Crippen LogP contribution in [0.3, 0.4) is 0 Å². The molecule has 1 aliphatic rings. The number of hydrogen-bond acceptors (Lipinski definition) is 3. The fourth-order valence-corrected chi connectivity index (χ4v) is 2.74. The fourth-order valence-electron chi connectivity index (χ4n) is 2.74. The largest absolute Gasteiger partial charge is 0.492 e. The van der Waals surface area contributed by atoms with E-state index in [9.17, 15) is 4.79 Å². The van der Waals surface area contributed by atoms with Crippen molar-refractivity contribution in [2.24, 2.45) is 0 Å². The zero-order valence-electron chi connectivity index (χ0n) is 15.3. The summed E-state index contributed by atoms with van der Waals surface area (Å²) in [7, 11) is 1.85. The first-order chi connectivity index (χ1) is 11.4. The maximum atomic E-state index is 12.2. The zero-order chi connectivity index (χ0) is 17.6. The lowest BCUT2D eigenvalue weighted by Crippen LogP contribution is -2.46. The molecule has 1 fully saturated rings. The van der Waals surface area contributed by atoms with E-state index in [2.05, 4.69) is 38.2 Å². The van der Waals surface area contributed by atoms with Crippen molar-refractivity contribution < 1.29 is 14.3 Å². The number of amides is 2. The lowest BCUT2D eigenvalue weighted by atomic mass is 9.87. The summed E-state index contributed by atoms with van der Waals surface area (Å²) < 4.78 is 11.1. The average molecular weight is 334 g/mol. The minimum atomic E-state index is -0.0473. The summed E-state index contributed by atoms with van der Waals surface area (Å²) in [5.41, 5.74) is 1.34. The van der Waals surface area contributed by atoms with Crippen molar-refractivity contribution in [1.82, 2.24) is 10.2 Å². The van der Waals surface area contributed by atoms with Crippen molar-refractivity contribution in [1.29, 1.82) is 0 Å². The third-order valence-electron chi connectivity index (χ3n) is 4.41. The number of carbonyl (C=O) groups excluding carboxylic acids is 1. The number of nitrogens with zero attached hydrogens (tertiary/aromatic N) is 1. The maximum Gasteiger partial charge on any atom is 0.317 e. The second-order valence-electron chi connectivity index (χ2n) is 7.31. The Kier molecular flexibility index (Phi) is 6.49. The van der Waals surface area contributed by atoms with E-state index < -0.39 is 0 Å². The quantitative estimate of drug-likeness (QED) is 0.842. The molecule has 5 nitrogen and oxygen atoms in total. The van der Waals surface area contributed by atoms with Crippen LogP contribution >= 0.6 is 0 Å². The standard InChI is InChI=1S/C19H30N2O3/c1-19(2,3)15-6-5-7-17(14-15)24-13-10-20-18(22)21(4)16-8-11-23-12-9-16/h5-7,14,16H,8-13H2,1-4H3,(H,20,22). The molecule has 0 unspecified atom stereocenters. The summed E-state index contributed by atoms with van der Waals surface area (Å²) in [6, 6.07) is 8.35. The summed E-state index contributed by atoms with van der Waals surface area (Å²) in [6.45, 7) is 8.95. The van der Waals surface area contributed by atoms with E-state index in [4.69, 9.17) is 9.47 Å². The highest BCUT2D eigenvalue weighted by Crippen LogP contribution is 2.25. The summed E-state index contributed by atoms with van der Waals surface area (Å²) in [5, 5.41) is 2.92. The highest BCUT2D eigenvalue weighted by atomic mass is 16.5. The Morgan fingerprint density at radius 1 is 1.33 bits per heavy atom. The van der Waals surface area contributed by atoms with Crippen molar-refractivity contribution in [3.05, 3.63) is 29.8 Å². The van der Waals surface area contributed by atoms with Gasteiger partial charge < -0.3 is 19.7 Å². The molecule has 1 heterocycles. The second kappa shape index (κ2) is 8.38. The molecule has 2 rings (SSSR count). The highest BCUT2D eigenvalue weighted by Gasteiger charge is 2.22. The van der Waals surface area contributed by atoms with Gasteiger partial charge in [0.2, 0.25) is 0 Å². The minimum absolute atomic E-state index is 0.0473. The molecule has 1 saturated heterocycles. The zero-order valence-corrected chi connectivity index (χ0v) is 15.3. The Bertz CT molecular complexity index is 534. The molecule has 5 heteroatoms. The van der Waals surface area contributed by atoms with Crippen molar-refractivity contribution in [2.45, 2.75) is 45.1 Å². The molecule has 1 aliphatic heterocycles. The van der Waals surface area contributed by atoms with E-state index in [0.29, 0.717) is 13.2 Å². The van der Waals surface area contributed by atoms with Gasteiger partial charge in [-0.15, -0.1) is 0 Å². The number of ether oxygens (including phenoxy) is 2. The maximum absolute atomic E-state index is 12.2. The Labute approximate surface area is 145 Å². The number of rotatable bonds is 5. The van der Waals surface area contributed by atoms with Gasteiger partial charge in [-0.05, 0) is 36.0 Å². The molecule has 134 valence electrons. The Morgan fingerprint density at radius 3 is 2.71 bits per heavy atom. The Balaban J connectivity index is 1.73. The molecule has 0 radical (unpaired) electrons. The van der Waals surface area contributed by atoms with Gasteiger partial charge in [0.25, 0.3) is 0 Å². The molecular formula is C19H30N2O3. The van der Waals surface area contributed by atoms with Crippen molar-refractivity contribution in [3.63, 3.8) is 0 Å². The predicted molar refractivity (Wildman–Crippen MR) is 95.6 cm³/mol. The topological polar surface area (TPSA) is 50.8 Å². The third-order valence-corrected chi connectivity index (χ3v) is 4.41. The van der Waals surface area contributed by atoms with Crippen LogP contribution in [-0.2, 0) is 10.2 Å². The SMILES string of the molecule is CN(C(=O)NCCOc1cccc(C(C)(C)C)c1)C1CCOCC1. The molecule has 24 heavy (non-hydrogen) atoms. The van der Waals surface area contributed by atoms with E-state index in [0.717, 1.165) is 31.8 Å². The van der Waals surface area contributed by atoms with E-state index in [1.807, 2.05) is 19.2 Å². The van der Waals surface area contributed by atoms with Gasteiger partial charge in [0.05, 0.1) is 6.54 Å². The molecule has 1 aromatic rings. The lowest BCUT2D eigenvalue weighted by molar-refractivity contribution is 0.0525. The van der Waals surface area contributed by atoms with Crippen LogP contribution in [0.1, 0.15) is 39.2 Å². The minimum Gasteiger partial charge on any atom is -0.492 e. The van der Waals surface area contributed by atoms with Crippen LogP contribution in [0.4, 0.5) is 4.79 Å². The second-order valence-corrected chi connectivity index (χ2v) is 7.31. The van der Waals surface area contributed by atoms with Crippen molar-refractivity contribution >= 4 is 6.03 Å². The van der Waals surface area contributed by atoms with Gasteiger partial charge in [-0.1, -0.05) is 32.9 Å². The molecule has 2 amide bonds. The first-order valence-corrected chi connectivity index (χ1v) is 8.69. The van der Waals surface area contributed by atoms with Crippen LogP contribution in [0.2, 0.25) is 0 Å². The molecule has 0 saturated carbocycles. The summed E-state index contributed by atoms with van der Waals surface area (Å²) >= 11 is 0. The van der Waals surface area contributed by atoms with Gasteiger partial charge in [0.1, 0.15) is 12.4 Å². The number of benzene rings is 1. The first kappa shape index (κ1) is 18.6. The van der Waals surface area contributed by atoms with E-state index >= 15 is 0 Å². The van der Waals surface area contributed by atoms with Gasteiger partial charge >= 0.3 is 6.03 Å². The number of urea groups is 1. The smallest absolute Gasteiger partial charge is 0.317 e. The van der Waals surface area contributed by atoms with Crippen LogP contribution in [-0.4, -0.2) is 50.4 Å². The molecule has 0 aliphatic carbocycles. The van der Waals surface area contributed by atoms with Gasteiger partial charge in [-0.2, -0.15) is 0 Å². The van der Waals surface area contributed by atoms with Gasteiger partial charge in [-0.25, -0.2) is 4.79 Å². The van der Waals surface area contributed by atoms with Crippen LogP contribution in [0.25, 0.3) is 0 Å². The number of hydrogen-bond donors (Lipinski definition) is 1. The molecule has 1 aromatic carbocycles. The predicted octanol–water partition coefficient (Wildman–Crippen LogP) is 3.18. The molecule has 0 aromatic heterocycles. The fraction of sp³-hybridized carbons (Fsp3) is 0.632. The number of carbonyl (C=O) groups is 1. The Morgan fingerprint density at radius 2 is 2.04 bits per heavy atom. The first-order valence-electron chi connectivity index (χ1n) is 8.69. The lowest BCUT2D eigenvalue weighted by Gasteiger charge is -2.31. The monoisotopic (exact) mass is 334 g/mol. The van der Waals surface area contributed by atoms with Crippen molar-refractivity contribution in [3.8, 4) is 5.75 Å². The summed E-state index contributed by atoms with van der Waals surface area (Å²) in [6.07, 6.45) is 1.81. The molecule has 0 atom stereocenters. The Hall–Kier alpha value is -1.75.